The van der Waals surface area contributed by atoms with Crippen molar-refractivity contribution in [1.29, 1.82) is 0 Å². The molecule has 1 aliphatic rings. The number of aryl methyl sites for hydroxylation is 1. The summed E-state index contributed by atoms with van der Waals surface area (Å²) in [5.41, 5.74) is 1.01. The summed E-state index contributed by atoms with van der Waals surface area (Å²) in [4.78, 5) is 0. The number of para-hydroxylation sites is 1. The summed E-state index contributed by atoms with van der Waals surface area (Å²) in [5, 5.41) is 9.11. The van der Waals surface area contributed by atoms with Crippen molar-refractivity contribution in [2.45, 2.75) is 13.3 Å². The number of benzene rings is 1. The van der Waals surface area contributed by atoms with E-state index in [1.807, 2.05) is 25.1 Å². The zero-order valence-electron chi connectivity index (χ0n) is 7.29. The van der Waals surface area contributed by atoms with Gasteiger partial charge in [-0.3, -0.25) is 0 Å². The van der Waals surface area contributed by atoms with Crippen LogP contribution in [0.5, 0.6) is 5.75 Å². The highest BCUT2D eigenvalue weighted by molar-refractivity contribution is 5.31. The first-order chi connectivity index (χ1) is 5.84. The quantitative estimate of drug-likeness (QED) is 0.647. The number of phenolic OH excluding ortho intramolecular Hbond substituents is 1. The third-order valence-corrected chi connectivity index (χ3v) is 1.58. The molecule has 0 radical (unpaired) electrons. The van der Waals surface area contributed by atoms with Crippen molar-refractivity contribution in [2.24, 2.45) is 0 Å². The molecule has 0 aliphatic carbocycles. The number of hydrogen-bond donors (Lipinski definition) is 1. The van der Waals surface area contributed by atoms with Crippen molar-refractivity contribution in [3.8, 4) is 5.75 Å². The Morgan fingerprint density at radius 3 is 2.25 bits per heavy atom. The van der Waals surface area contributed by atoms with Gasteiger partial charge in [-0.25, -0.2) is 0 Å². The third kappa shape index (κ3) is 3.39. The lowest BCUT2D eigenvalue weighted by atomic mass is 10.1. The maximum Gasteiger partial charge on any atom is 0.118 e. The fraction of sp³-hybridized carbons (Fsp3) is 0.400. The molecule has 1 heterocycles. The second-order valence-corrected chi connectivity index (χ2v) is 2.59. The highest BCUT2D eigenvalue weighted by Gasteiger charge is 1.94. The number of aromatic hydroxyl groups is 1. The number of epoxide rings is 1. The van der Waals surface area contributed by atoms with E-state index in [2.05, 4.69) is 4.74 Å². The van der Waals surface area contributed by atoms with E-state index in [1.54, 1.807) is 6.07 Å². The first-order valence-electron chi connectivity index (χ1n) is 4.19. The lowest BCUT2D eigenvalue weighted by molar-refractivity contribution is 0.469. The van der Waals surface area contributed by atoms with Gasteiger partial charge in [0.05, 0.1) is 13.2 Å². The Balaban J connectivity index is 0.000000200. The van der Waals surface area contributed by atoms with Crippen LogP contribution in [-0.4, -0.2) is 18.3 Å². The molecule has 2 nitrogen and oxygen atoms in total. The molecule has 1 aliphatic heterocycles. The van der Waals surface area contributed by atoms with Crippen LogP contribution in [0.15, 0.2) is 24.3 Å². The lowest BCUT2D eigenvalue weighted by Gasteiger charge is -1.97. The SMILES string of the molecule is C1CO1.CCc1ccccc1O. The van der Waals surface area contributed by atoms with Gasteiger partial charge in [0.2, 0.25) is 0 Å². The molecule has 0 spiro atoms. The van der Waals surface area contributed by atoms with E-state index >= 15 is 0 Å². The van der Waals surface area contributed by atoms with E-state index in [0.29, 0.717) is 5.75 Å². The zero-order valence-corrected chi connectivity index (χ0v) is 7.29. The van der Waals surface area contributed by atoms with Gasteiger partial charge in [0.1, 0.15) is 5.75 Å². The minimum Gasteiger partial charge on any atom is -0.508 e. The second kappa shape index (κ2) is 4.78. The molecule has 1 saturated heterocycles. The van der Waals surface area contributed by atoms with Gasteiger partial charge in [0, 0.05) is 0 Å². The smallest absolute Gasteiger partial charge is 0.118 e. The van der Waals surface area contributed by atoms with Gasteiger partial charge in [-0.1, -0.05) is 25.1 Å². The average Bonchev–Trinajstić information content (AvgIpc) is 2.91. The molecule has 0 saturated carbocycles. The predicted molar refractivity (Wildman–Crippen MR) is 48.3 cm³/mol. The fourth-order valence-electron chi connectivity index (χ4n) is 0.810. The van der Waals surface area contributed by atoms with Gasteiger partial charge in [-0.05, 0) is 18.1 Å². The third-order valence-electron chi connectivity index (χ3n) is 1.58. The van der Waals surface area contributed by atoms with Gasteiger partial charge < -0.3 is 9.84 Å². The maximum atomic E-state index is 9.11. The number of rotatable bonds is 1. The first kappa shape index (κ1) is 9.07. The van der Waals surface area contributed by atoms with Crippen LogP contribution >= 0.6 is 0 Å². The maximum absolute atomic E-state index is 9.11. The summed E-state index contributed by atoms with van der Waals surface area (Å²) < 4.78 is 4.50. The fourth-order valence-corrected chi connectivity index (χ4v) is 0.810. The highest BCUT2D eigenvalue weighted by Crippen LogP contribution is 2.14. The van der Waals surface area contributed by atoms with Crippen molar-refractivity contribution in [2.75, 3.05) is 13.2 Å². The molecular formula is C10H14O2. The van der Waals surface area contributed by atoms with Crippen LogP contribution in [-0.2, 0) is 11.2 Å². The molecule has 2 heteroatoms. The van der Waals surface area contributed by atoms with E-state index < -0.39 is 0 Å². The molecule has 1 aromatic rings. The van der Waals surface area contributed by atoms with Crippen molar-refractivity contribution in [3.05, 3.63) is 29.8 Å². The standard InChI is InChI=1S/C8H10O.C2H4O/c1-2-7-5-3-4-6-8(7)9;1-2-3-1/h3-6,9H,2H2,1H3;1-2H2. The van der Waals surface area contributed by atoms with Gasteiger partial charge in [0.15, 0.2) is 0 Å². The number of phenols is 1. The Kier molecular flexibility index (Phi) is 3.61. The van der Waals surface area contributed by atoms with Crippen LogP contribution in [0.4, 0.5) is 0 Å². The Morgan fingerprint density at radius 1 is 1.33 bits per heavy atom. The van der Waals surface area contributed by atoms with E-state index in [4.69, 9.17) is 5.11 Å². The number of hydrogen-bond acceptors (Lipinski definition) is 2. The molecule has 0 unspecified atom stereocenters. The van der Waals surface area contributed by atoms with Crippen LogP contribution in [0.25, 0.3) is 0 Å². The van der Waals surface area contributed by atoms with E-state index in [-0.39, 0.29) is 0 Å². The molecule has 0 amide bonds. The molecule has 0 bridgehead atoms. The molecule has 0 atom stereocenters. The second-order valence-electron chi connectivity index (χ2n) is 2.59. The van der Waals surface area contributed by atoms with Crippen LogP contribution < -0.4 is 0 Å². The molecule has 0 aromatic heterocycles. The Hall–Kier alpha value is -1.02. The summed E-state index contributed by atoms with van der Waals surface area (Å²) in [5.74, 6) is 0.403. The minimum atomic E-state index is 0.403. The van der Waals surface area contributed by atoms with Crippen LogP contribution in [0.2, 0.25) is 0 Å². The van der Waals surface area contributed by atoms with Crippen LogP contribution in [0.3, 0.4) is 0 Å². The summed E-state index contributed by atoms with van der Waals surface area (Å²) in [6, 6.07) is 7.39. The summed E-state index contributed by atoms with van der Waals surface area (Å²) in [7, 11) is 0. The Labute approximate surface area is 72.8 Å². The first-order valence-corrected chi connectivity index (χ1v) is 4.19. The topological polar surface area (TPSA) is 32.8 Å². The molecule has 1 aromatic carbocycles. The molecule has 12 heavy (non-hydrogen) atoms. The monoisotopic (exact) mass is 166 g/mol. The van der Waals surface area contributed by atoms with Gasteiger partial charge >= 0.3 is 0 Å². The normalized spacial score (nSPS) is 13.1. The Morgan fingerprint density at radius 2 is 1.92 bits per heavy atom. The van der Waals surface area contributed by atoms with Crippen LogP contribution in [0, 0.1) is 0 Å². The summed E-state index contributed by atoms with van der Waals surface area (Å²) in [6.07, 6.45) is 0.896. The predicted octanol–water partition coefficient (Wildman–Crippen LogP) is 1.97. The largest absolute Gasteiger partial charge is 0.508 e. The lowest BCUT2D eigenvalue weighted by Crippen LogP contribution is -1.77. The van der Waals surface area contributed by atoms with Crippen molar-refractivity contribution in [3.63, 3.8) is 0 Å². The number of ether oxygens (including phenoxy) is 1. The summed E-state index contributed by atoms with van der Waals surface area (Å²) in [6.45, 7) is 4.02. The van der Waals surface area contributed by atoms with Gasteiger partial charge in [-0.15, -0.1) is 0 Å². The van der Waals surface area contributed by atoms with Gasteiger partial charge in [-0.2, -0.15) is 0 Å². The minimum absolute atomic E-state index is 0.403. The van der Waals surface area contributed by atoms with Crippen molar-refractivity contribution in [1.82, 2.24) is 0 Å². The van der Waals surface area contributed by atoms with Crippen LogP contribution in [0.1, 0.15) is 12.5 Å². The van der Waals surface area contributed by atoms with Crippen molar-refractivity contribution >= 4 is 0 Å². The van der Waals surface area contributed by atoms with E-state index in [1.165, 1.54) is 0 Å². The molecule has 2 rings (SSSR count). The van der Waals surface area contributed by atoms with Gasteiger partial charge in [0.25, 0.3) is 0 Å². The molecule has 66 valence electrons. The van der Waals surface area contributed by atoms with E-state index in [0.717, 1.165) is 25.2 Å². The Bertz CT molecular complexity index is 228. The molecule has 1 fully saturated rings. The summed E-state index contributed by atoms with van der Waals surface area (Å²) >= 11 is 0. The molecule has 1 N–H and O–H groups in total. The zero-order chi connectivity index (χ0) is 8.81. The van der Waals surface area contributed by atoms with Crippen molar-refractivity contribution < 1.29 is 9.84 Å². The average molecular weight is 166 g/mol. The molecular weight excluding hydrogens is 152 g/mol. The highest BCUT2D eigenvalue weighted by atomic mass is 16.6. The van der Waals surface area contributed by atoms with E-state index in [9.17, 15) is 0 Å².